The number of carbonyl (C=O) groups excluding carboxylic acids is 1. The minimum atomic E-state index is -2.73. The second-order valence-electron chi connectivity index (χ2n) is 2.43. The van der Waals surface area contributed by atoms with Crippen LogP contribution < -0.4 is 0 Å². The number of halogens is 4. The van der Waals surface area contributed by atoms with Gasteiger partial charge in [0, 0.05) is 17.1 Å². The fourth-order valence-electron chi connectivity index (χ4n) is 1.03. The molecule has 1 rings (SSSR count). The van der Waals surface area contributed by atoms with E-state index in [9.17, 15) is 13.6 Å². The average molecular weight is 284 g/mol. The highest BCUT2D eigenvalue weighted by molar-refractivity contribution is 9.08. The molecule has 0 N–H and O–H groups in total. The highest BCUT2D eigenvalue weighted by Crippen LogP contribution is 2.26. The van der Waals surface area contributed by atoms with E-state index in [0.29, 0.717) is 0 Å². The smallest absolute Gasteiger partial charge is 0.264 e. The zero-order chi connectivity index (χ0) is 10.7. The number of rotatable bonds is 3. The van der Waals surface area contributed by atoms with E-state index in [4.69, 9.17) is 11.6 Å². The Labute approximate surface area is 92.4 Å². The average Bonchev–Trinajstić information content (AvgIpc) is 2.16. The maximum atomic E-state index is 12.5. The Morgan fingerprint density at radius 3 is 2.71 bits per heavy atom. The van der Waals surface area contributed by atoms with Crippen molar-refractivity contribution < 1.29 is 13.6 Å². The molecule has 0 aliphatic rings. The van der Waals surface area contributed by atoms with Gasteiger partial charge in [-0.05, 0) is 17.7 Å². The number of aromatic nitrogens is 1. The van der Waals surface area contributed by atoms with Crippen LogP contribution in [0.15, 0.2) is 12.3 Å². The van der Waals surface area contributed by atoms with Crippen LogP contribution in [0.25, 0.3) is 0 Å². The van der Waals surface area contributed by atoms with Gasteiger partial charge < -0.3 is 0 Å². The Balaban J connectivity index is 3.35. The number of alkyl halides is 3. The predicted molar refractivity (Wildman–Crippen MR) is 52.0 cm³/mol. The summed E-state index contributed by atoms with van der Waals surface area (Å²) in [6.45, 7) is 0. The lowest BCUT2D eigenvalue weighted by Crippen LogP contribution is -2.04. The standard InChI is InChI=1S/C8H5BrClF2NO/c9-3-5-6(7(10)14)4(8(11)12)1-2-13-5/h1-2,8H,3H2. The van der Waals surface area contributed by atoms with E-state index in [1.165, 1.54) is 6.20 Å². The van der Waals surface area contributed by atoms with Crippen LogP contribution in [-0.2, 0) is 5.33 Å². The first-order valence-corrected chi connectivity index (χ1v) is 5.09. The highest BCUT2D eigenvalue weighted by atomic mass is 79.9. The van der Waals surface area contributed by atoms with Crippen LogP contribution in [0.3, 0.4) is 0 Å². The van der Waals surface area contributed by atoms with Gasteiger partial charge in [-0.15, -0.1) is 0 Å². The number of pyridine rings is 1. The van der Waals surface area contributed by atoms with Gasteiger partial charge in [-0.3, -0.25) is 9.78 Å². The Morgan fingerprint density at radius 1 is 1.64 bits per heavy atom. The Bertz CT molecular complexity index is 359. The van der Waals surface area contributed by atoms with Gasteiger partial charge in [0.25, 0.3) is 11.7 Å². The van der Waals surface area contributed by atoms with Crippen molar-refractivity contribution in [1.82, 2.24) is 4.98 Å². The van der Waals surface area contributed by atoms with Gasteiger partial charge in [-0.1, -0.05) is 15.9 Å². The van der Waals surface area contributed by atoms with Gasteiger partial charge in [0.05, 0.1) is 11.3 Å². The third-order valence-corrected chi connectivity index (χ3v) is 2.34. The van der Waals surface area contributed by atoms with Crippen LogP contribution in [0, 0.1) is 0 Å². The maximum Gasteiger partial charge on any atom is 0.264 e. The fraction of sp³-hybridized carbons (Fsp3) is 0.250. The lowest BCUT2D eigenvalue weighted by atomic mass is 10.1. The summed E-state index contributed by atoms with van der Waals surface area (Å²) in [4.78, 5) is 14.7. The summed E-state index contributed by atoms with van der Waals surface area (Å²) in [5, 5.41) is -0.704. The number of nitrogens with zero attached hydrogens (tertiary/aromatic N) is 1. The molecule has 0 aliphatic carbocycles. The Hall–Kier alpha value is -0.550. The van der Waals surface area contributed by atoms with Crippen molar-refractivity contribution in [3.8, 4) is 0 Å². The lowest BCUT2D eigenvalue weighted by Gasteiger charge is -2.07. The summed E-state index contributed by atoms with van der Waals surface area (Å²) in [5.41, 5.74) is -0.363. The molecule has 0 radical (unpaired) electrons. The summed E-state index contributed by atoms with van der Waals surface area (Å²) in [6, 6.07) is 1.09. The molecule has 0 aliphatic heterocycles. The van der Waals surface area contributed by atoms with E-state index in [0.717, 1.165) is 6.07 Å². The van der Waals surface area contributed by atoms with E-state index >= 15 is 0 Å². The molecule has 14 heavy (non-hydrogen) atoms. The van der Waals surface area contributed by atoms with Crippen molar-refractivity contribution in [3.05, 3.63) is 29.1 Å². The Morgan fingerprint density at radius 2 is 2.29 bits per heavy atom. The monoisotopic (exact) mass is 283 g/mol. The Kier molecular flexibility index (Phi) is 3.95. The minimum absolute atomic E-state index is 0.207. The quantitative estimate of drug-likeness (QED) is 0.630. The highest BCUT2D eigenvalue weighted by Gasteiger charge is 2.20. The molecule has 1 heterocycles. The maximum absolute atomic E-state index is 12.5. The normalized spacial score (nSPS) is 10.6. The number of hydrogen-bond acceptors (Lipinski definition) is 2. The second kappa shape index (κ2) is 4.79. The molecule has 76 valence electrons. The lowest BCUT2D eigenvalue weighted by molar-refractivity contribution is 0.106. The van der Waals surface area contributed by atoms with Crippen LogP contribution in [0.2, 0.25) is 0 Å². The molecule has 2 nitrogen and oxygen atoms in total. The molecule has 0 fully saturated rings. The summed E-state index contributed by atoms with van der Waals surface area (Å²) in [7, 11) is 0. The van der Waals surface area contributed by atoms with Crippen molar-refractivity contribution >= 4 is 32.8 Å². The summed E-state index contributed by atoms with van der Waals surface area (Å²) >= 11 is 8.24. The van der Waals surface area contributed by atoms with Gasteiger partial charge in [0.2, 0.25) is 0 Å². The molecule has 0 amide bonds. The van der Waals surface area contributed by atoms with E-state index in [1.807, 2.05) is 0 Å². The number of carbonyl (C=O) groups is 1. The van der Waals surface area contributed by atoms with Gasteiger partial charge in [0.1, 0.15) is 0 Å². The topological polar surface area (TPSA) is 30.0 Å². The molecule has 0 spiro atoms. The minimum Gasteiger partial charge on any atom is -0.276 e. The largest absolute Gasteiger partial charge is 0.276 e. The summed E-state index contributed by atoms with van der Waals surface area (Å²) in [6.07, 6.45) is -1.50. The van der Waals surface area contributed by atoms with Crippen molar-refractivity contribution in [2.24, 2.45) is 0 Å². The van der Waals surface area contributed by atoms with E-state index in [-0.39, 0.29) is 22.2 Å². The van der Waals surface area contributed by atoms with Crippen LogP contribution in [-0.4, -0.2) is 10.2 Å². The van der Waals surface area contributed by atoms with Gasteiger partial charge in [0.15, 0.2) is 0 Å². The van der Waals surface area contributed by atoms with E-state index < -0.39 is 11.7 Å². The zero-order valence-electron chi connectivity index (χ0n) is 6.81. The predicted octanol–water partition coefficient (Wildman–Crippen LogP) is 3.29. The fourth-order valence-corrected chi connectivity index (χ4v) is 1.68. The van der Waals surface area contributed by atoms with E-state index in [1.54, 1.807) is 0 Å². The zero-order valence-corrected chi connectivity index (χ0v) is 9.15. The third-order valence-electron chi connectivity index (χ3n) is 1.62. The molecule has 0 saturated carbocycles. The van der Waals surface area contributed by atoms with E-state index in [2.05, 4.69) is 20.9 Å². The molecule has 6 heteroatoms. The first-order valence-electron chi connectivity index (χ1n) is 3.59. The SMILES string of the molecule is O=C(Cl)c1c(C(F)F)ccnc1CBr. The molecule has 1 aromatic rings. The van der Waals surface area contributed by atoms with Crippen LogP contribution in [0.5, 0.6) is 0 Å². The van der Waals surface area contributed by atoms with Crippen molar-refractivity contribution in [1.29, 1.82) is 0 Å². The van der Waals surface area contributed by atoms with Crippen molar-refractivity contribution in [2.75, 3.05) is 0 Å². The van der Waals surface area contributed by atoms with Crippen molar-refractivity contribution in [3.63, 3.8) is 0 Å². The third kappa shape index (κ3) is 2.27. The van der Waals surface area contributed by atoms with Crippen molar-refractivity contribution in [2.45, 2.75) is 11.8 Å². The van der Waals surface area contributed by atoms with Crippen LogP contribution in [0.1, 0.15) is 28.0 Å². The van der Waals surface area contributed by atoms with Crippen LogP contribution in [0.4, 0.5) is 8.78 Å². The number of hydrogen-bond donors (Lipinski definition) is 0. The first-order chi connectivity index (χ1) is 6.57. The summed E-state index contributed by atoms with van der Waals surface area (Å²) in [5.74, 6) is 0. The molecule has 1 aromatic heterocycles. The van der Waals surface area contributed by atoms with Gasteiger partial charge in [-0.2, -0.15) is 0 Å². The molecule has 0 aromatic carbocycles. The second-order valence-corrected chi connectivity index (χ2v) is 3.33. The molecular formula is C8H5BrClF2NO. The molecule has 0 saturated heterocycles. The first kappa shape index (κ1) is 11.5. The molecule has 0 atom stereocenters. The van der Waals surface area contributed by atoms with Gasteiger partial charge >= 0.3 is 0 Å². The van der Waals surface area contributed by atoms with Crippen LogP contribution >= 0.6 is 27.5 Å². The van der Waals surface area contributed by atoms with Gasteiger partial charge in [-0.25, -0.2) is 8.78 Å². The molecule has 0 unspecified atom stereocenters. The molecular weight excluding hydrogens is 279 g/mol. The molecule has 0 bridgehead atoms. The summed E-state index contributed by atoms with van der Waals surface area (Å²) < 4.78 is 24.9.